The molecule has 110 valence electrons. The average Bonchev–Trinajstić information content (AvgIpc) is 2.46. The van der Waals surface area contributed by atoms with Crippen molar-refractivity contribution in [2.24, 2.45) is 0 Å². The molecular weight excluding hydrogens is 252 g/mol. The van der Waals surface area contributed by atoms with Gasteiger partial charge in [-0.05, 0) is 56.2 Å². The van der Waals surface area contributed by atoms with Crippen LogP contribution in [0.25, 0.3) is 0 Å². The van der Waals surface area contributed by atoms with Crippen molar-refractivity contribution in [3.63, 3.8) is 0 Å². The van der Waals surface area contributed by atoms with Gasteiger partial charge >= 0.3 is 0 Å². The van der Waals surface area contributed by atoms with E-state index in [9.17, 15) is 0 Å². The topological polar surface area (TPSA) is 33.7 Å². The number of fused-ring (bicyclic) bond motifs is 2. The van der Waals surface area contributed by atoms with Gasteiger partial charge in [-0.3, -0.25) is 0 Å². The second-order valence-electron chi connectivity index (χ2n) is 6.07. The number of nitrogens with one attached hydrogen (secondary N) is 1. The van der Waals surface area contributed by atoms with Crippen molar-refractivity contribution < 1.29 is 9.47 Å². The van der Waals surface area contributed by atoms with Gasteiger partial charge in [0.15, 0.2) is 11.5 Å². The van der Waals surface area contributed by atoms with Crippen LogP contribution < -0.4 is 14.8 Å². The highest BCUT2D eigenvalue weighted by Gasteiger charge is 2.40. The van der Waals surface area contributed by atoms with Gasteiger partial charge in [-0.1, -0.05) is 0 Å². The quantitative estimate of drug-likeness (QED) is 0.892. The van der Waals surface area contributed by atoms with Crippen LogP contribution >= 0.6 is 0 Å². The molecule has 4 nitrogen and oxygen atoms in total. The molecule has 2 aliphatic heterocycles. The molecule has 0 amide bonds. The number of likely N-dealkylation sites (N-methyl/N-ethyl adjacent to an activating group) is 1. The van der Waals surface area contributed by atoms with E-state index in [0.717, 1.165) is 37.7 Å². The smallest absolute Gasteiger partial charge is 0.161 e. The van der Waals surface area contributed by atoms with Gasteiger partial charge in [0.05, 0.1) is 14.2 Å². The average molecular weight is 276 g/mol. The lowest BCUT2D eigenvalue weighted by Gasteiger charge is -2.46. The summed E-state index contributed by atoms with van der Waals surface area (Å²) in [6.07, 6.45) is 2.39. The number of rotatable bonds is 2. The molecule has 2 aliphatic rings. The lowest BCUT2D eigenvalue weighted by Crippen LogP contribution is -2.50. The van der Waals surface area contributed by atoms with Gasteiger partial charge in [-0.15, -0.1) is 0 Å². The van der Waals surface area contributed by atoms with Crippen LogP contribution in [-0.2, 0) is 12.0 Å². The first-order chi connectivity index (χ1) is 9.68. The maximum atomic E-state index is 5.51. The van der Waals surface area contributed by atoms with Gasteiger partial charge in [0.2, 0.25) is 0 Å². The van der Waals surface area contributed by atoms with E-state index in [2.05, 4.69) is 29.4 Å². The number of methoxy groups -OCH3 is 2. The Morgan fingerprint density at radius 1 is 1.10 bits per heavy atom. The van der Waals surface area contributed by atoms with Gasteiger partial charge in [0, 0.05) is 18.5 Å². The van der Waals surface area contributed by atoms with Gasteiger partial charge in [0.25, 0.3) is 0 Å². The zero-order valence-corrected chi connectivity index (χ0v) is 12.7. The molecule has 0 bridgehead atoms. The predicted molar refractivity (Wildman–Crippen MR) is 79.7 cm³/mol. The highest BCUT2D eigenvalue weighted by Crippen LogP contribution is 2.44. The van der Waals surface area contributed by atoms with Crippen molar-refractivity contribution in [2.75, 3.05) is 40.9 Å². The lowest BCUT2D eigenvalue weighted by molar-refractivity contribution is 0.172. The first-order valence-corrected chi connectivity index (χ1v) is 7.33. The predicted octanol–water partition coefficient (Wildman–Crippen LogP) is 1.77. The third kappa shape index (κ3) is 2.17. The molecule has 0 saturated carbocycles. The summed E-state index contributed by atoms with van der Waals surface area (Å²) in [4.78, 5) is 2.43. The Hall–Kier alpha value is -1.26. The fraction of sp³-hybridized carbons (Fsp3) is 0.625. The molecule has 1 aromatic rings. The number of nitrogens with zero attached hydrogens (tertiary/aromatic N) is 1. The van der Waals surface area contributed by atoms with Crippen molar-refractivity contribution in [1.29, 1.82) is 0 Å². The largest absolute Gasteiger partial charge is 0.493 e. The Labute approximate surface area is 121 Å². The molecule has 1 fully saturated rings. The summed E-state index contributed by atoms with van der Waals surface area (Å²) in [5, 5.41) is 3.48. The molecular formula is C16H24N2O2. The molecule has 1 saturated heterocycles. The Balaban J connectivity index is 2.10. The van der Waals surface area contributed by atoms with E-state index in [1.807, 2.05) is 0 Å². The summed E-state index contributed by atoms with van der Waals surface area (Å²) >= 11 is 0. The Kier molecular flexibility index (Phi) is 3.61. The van der Waals surface area contributed by atoms with Crippen LogP contribution in [0, 0.1) is 0 Å². The number of benzene rings is 1. The van der Waals surface area contributed by atoms with Gasteiger partial charge in [-0.25, -0.2) is 0 Å². The fourth-order valence-electron chi connectivity index (χ4n) is 3.83. The van der Waals surface area contributed by atoms with Crippen LogP contribution in [0.5, 0.6) is 11.5 Å². The number of ether oxygens (including phenoxy) is 2. The monoisotopic (exact) mass is 276 g/mol. The highest BCUT2D eigenvalue weighted by molar-refractivity contribution is 5.51. The summed E-state index contributed by atoms with van der Waals surface area (Å²) in [6, 6.07) is 4.38. The van der Waals surface area contributed by atoms with E-state index in [-0.39, 0.29) is 5.41 Å². The molecule has 0 aromatic heterocycles. The number of hydrogen-bond acceptors (Lipinski definition) is 4. The van der Waals surface area contributed by atoms with Crippen LogP contribution in [0.1, 0.15) is 24.0 Å². The molecule has 1 aromatic carbocycles. The fourth-order valence-corrected chi connectivity index (χ4v) is 3.83. The Bertz CT molecular complexity index is 495. The van der Waals surface area contributed by atoms with Crippen LogP contribution in [-0.4, -0.2) is 45.8 Å². The van der Waals surface area contributed by atoms with Crippen molar-refractivity contribution >= 4 is 0 Å². The molecule has 0 aliphatic carbocycles. The van der Waals surface area contributed by atoms with Crippen molar-refractivity contribution in [1.82, 2.24) is 10.2 Å². The summed E-state index contributed by atoms with van der Waals surface area (Å²) < 4.78 is 11.0. The molecule has 0 atom stereocenters. The van der Waals surface area contributed by atoms with Crippen LogP contribution in [0.4, 0.5) is 0 Å². The van der Waals surface area contributed by atoms with Crippen molar-refractivity contribution in [2.45, 2.75) is 24.8 Å². The molecule has 3 rings (SSSR count). The minimum atomic E-state index is 0.271. The standard InChI is InChI=1S/C16H24N2O2/c1-18-10-12-8-14(19-2)15(20-3)9-13(12)16(11-18)4-6-17-7-5-16/h8-9,17H,4-7,10-11H2,1-3H3. The molecule has 0 unspecified atom stereocenters. The number of piperidine rings is 1. The van der Waals surface area contributed by atoms with E-state index < -0.39 is 0 Å². The summed E-state index contributed by atoms with van der Waals surface area (Å²) in [5.74, 6) is 1.69. The zero-order valence-electron chi connectivity index (χ0n) is 12.7. The summed E-state index contributed by atoms with van der Waals surface area (Å²) in [6.45, 7) is 4.32. The van der Waals surface area contributed by atoms with Gasteiger partial charge < -0.3 is 19.7 Å². The Morgan fingerprint density at radius 2 is 1.75 bits per heavy atom. The van der Waals surface area contributed by atoms with Gasteiger partial charge in [0.1, 0.15) is 0 Å². The van der Waals surface area contributed by atoms with E-state index in [0.29, 0.717) is 0 Å². The third-order valence-corrected chi connectivity index (χ3v) is 4.75. The zero-order chi connectivity index (χ0) is 14.2. The minimum Gasteiger partial charge on any atom is -0.493 e. The molecule has 1 N–H and O–H groups in total. The first-order valence-electron chi connectivity index (χ1n) is 7.33. The summed E-state index contributed by atoms with van der Waals surface area (Å²) in [5.41, 5.74) is 3.13. The van der Waals surface area contributed by atoms with E-state index in [1.54, 1.807) is 14.2 Å². The van der Waals surface area contributed by atoms with Crippen LogP contribution in [0.2, 0.25) is 0 Å². The second kappa shape index (κ2) is 5.26. The SMILES string of the molecule is COc1cc2c(cc1OC)C1(CCNCC1)CN(C)C2. The number of hydrogen-bond donors (Lipinski definition) is 1. The van der Waals surface area contributed by atoms with E-state index in [4.69, 9.17) is 9.47 Å². The summed E-state index contributed by atoms with van der Waals surface area (Å²) in [7, 11) is 5.63. The molecule has 4 heteroatoms. The minimum absolute atomic E-state index is 0.271. The van der Waals surface area contributed by atoms with Crippen molar-refractivity contribution in [3.8, 4) is 11.5 Å². The lowest BCUT2D eigenvalue weighted by atomic mass is 9.69. The normalized spacial score (nSPS) is 21.6. The molecule has 20 heavy (non-hydrogen) atoms. The first kappa shape index (κ1) is 13.7. The van der Waals surface area contributed by atoms with E-state index in [1.165, 1.54) is 24.0 Å². The second-order valence-corrected chi connectivity index (χ2v) is 6.07. The molecule has 0 radical (unpaired) electrons. The molecule has 2 heterocycles. The molecule has 1 spiro atoms. The van der Waals surface area contributed by atoms with E-state index >= 15 is 0 Å². The maximum Gasteiger partial charge on any atom is 0.161 e. The highest BCUT2D eigenvalue weighted by atomic mass is 16.5. The van der Waals surface area contributed by atoms with Crippen LogP contribution in [0.15, 0.2) is 12.1 Å². The van der Waals surface area contributed by atoms with Gasteiger partial charge in [-0.2, -0.15) is 0 Å². The van der Waals surface area contributed by atoms with Crippen LogP contribution in [0.3, 0.4) is 0 Å². The maximum absolute atomic E-state index is 5.51. The Morgan fingerprint density at radius 3 is 2.40 bits per heavy atom. The van der Waals surface area contributed by atoms with Crippen molar-refractivity contribution in [3.05, 3.63) is 23.3 Å². The third-order valence-electron chi connectivity index (χ3n) is 4.75.